The Kier molecular flexibility index (Phi) is 18.7. The number of carbonyl (C=O) groups excluding carboxylic acids is 3. The monoisotopic (exact) mass is 445 g/mol. The number of rotatable bonds is 20. The van der Waals surface area contributed by atoms with E-state index in [1.807, 2.05) is 0 Å². The highest BCUT2D eigenvalue weighted by Gasteiger charge is 2.19. The summed E-state index contributed by atoms with van der Waals surface area (Å²) in [5, 5.41) is 5.96. The Morgan fingerprint density at radius 2 is 1.52 bits per heavy atom. The van der Waals surface area contributed by atoms with E-state index in [2.05, 4.69) is 10.6 Å². The molecule has 1 atom stereocenters. The zero-order valence-corrected chi connectivity index (χ0v) is 18.8. The van der Waals surface area contributed by atoms with Gasteiger partial charge in [-0.1, -0.05) is 12.8 Å². The quantitative estimate of drug-likeness (QED) is 0.128. The number of nitrogens with zero attached hydrogens (tertiary/aromatic N) is 1. The van der Waals surface area contributed by atoms with Gasteiger partial charge in [0.25, 0.3) is 0 Å². The van der Waals surface area contributed by atoms with E-state index in [0.717, 1.165) is 51.5 Å². The number of unbranched alkanes of at least 4 members (excludes halogenated alkanes) is 4. The van der Waals surface area contributed by atoms with Crippen LogP contribution in [0.4, 0.5) is 4.79 Å². The Balaban J connectivity index is 4.67. The lowest BCUT2D eigenvalue weighted by atomic mass is 10.1. The predicted molar refractivity (Wildman–Crippen MR) is 121 cm³/mol. The molecule has 3 amide bonds. The molecule has 0 aliphatic carbocycles. The van der Waals surface area contributed by atoms with Crippen molar-refractivity contribution in [2.24, 2.45) is 22.9 Å². The van der Waals surface area contributed by atoms with Crippen molar-refractivity contribution < 1.29 is 19.1 Å². The number of hydrogen-bond donors (Lipinski definition) is 6. The smallest absolute Gasteiger partial charge is 0.404 e. The van der Waals surface area contributed by atoms with Gasteiger partial charge < -0.3 is 43.2 Å². The number of amides is 3. The van der Waals surface area contributed by atoms with Crippen LogP contribution in [0.3, 0.4) is 0 Å². The van der Waals surface area contributed by atoms with Crippen LogP contribution < -0.4 is 33.6 Å². The van der Waals surface area contributed by atoms with Crippen molar-refractivity contribution in [3.63, 3.8) is 0 Å². The Morgan fingerprint density at radius 3 is 2.16 bits per heavy atom. The fourth-order valence-corrected chi connectivity index (χ4v) is 2.98. The first-order chi connectivity index (χ1) is 14.9. The van der Waals surface area contributed by atoms with E-state index in [1.54, 1.807) is 0 Å². The van der Waals surface area contributed by atoms with Crippen LogP contribution in [-0.4, -0.2) is 81.3 Å². The summed E-state index contributed by atoms with van der Waals surface area (Å²) in [7, 11) is 0. The molecule has 0 unspecified atom stereocenters. The Labute approximate surface area is 185 Å². The topological polar surface area (TPSA) is 192 Å². The molecule has 0 radical (unpaired) electrons. The number of ether oxygens (including phenoxy) is 1. The molecule has 0 spiro atoms. The zero-order chi connectivity index (χ0) is 23.3. The molecule has 0 fully saturated rings. The van der Waals surface area contributed by atoms with Crippen LogP contribution >= 0.6 is 0 Å². The van der Waals surface area contributed by atoms with Gasteiger partial charge in [-0.3, -0.25) is 9.59 Å². The van der Waals surface area contributed by atoms with Crippen molar-refractivity contribution in [3.8, 4) is 0 Å². The van der Waals surface area contributed by atoms with Crippen molar-refractivity contribution in [2.45, 2.75) is 57.4 Å². The van der Waals surface area contributed by atoms with Crippen LogP contribution in [0.1, 0.15) is 51.4 Å². The highest BCUT2D eigenvalue weighted by atomic mass is 16.5. The Hall–Kier alpha value is -1.95. The molecule has 11 heteroatoms. The minimum absolute atomic E-state index is 0.0167. The summed E-state index contributed by atoms with van der Waals surface area (Å²) >= 11 is 0. The van der Waals surface area contributed by atoms with Gasteiger partial charge in [0.1, 0.15) is 6.61 Å². The van der Waals surface area contributed by atoms with Crippen molar-refractivity contribution in [3.05, 3.63) is 0 Å². The van der Waals surface area contributed by atoms with Crippen LogP contribution in [-0.2, 0) is 14.3 Å². The molecule has 0 aromatic rings. The van der Waals surface area contributed by atoms with Gasteiger partial charge in [-0.25, -0.2) is 4.79 Å². The molecule has 182 valence electrons. The van der Waals surface area contributed by atoms with E-state index in [1.165, 1.54) is 4.90 Å². The largest absolute Gasteiger partial charge is 0.448 e. The van der Waals surface area contributed by atoms with Gasteiger partial charge in [-0.05, 0) is 64.7 Å². The van der Waals surface area contributed by atoms with Gasteiger partial charge in [0.05, 0.1) is 19.1 Å². The second-order valence-corrected chi connectivity index (χ2v) is 7.52. The van der Waals surface area contributed by atoms with Gasteiger partial charge >= 0.3 is 6.09 Å². The summed E-state index contributed by atoms with van der Waals surface area (Å²) in [6.07, 6.45) is 5.69. The zero-order valence-electron chi connectivity index (χ0n) is 18.8. The summed E-state index contributed by atoms with van der Waals surface area (Å²) in [5.74, 6) is -0.450. The van der Waals surface area contributed by atoms with Gasteiger partial charge in [0.15, 0.2) is 0 Å². The van der Waals surface area contributed by atoms with Crippen LogP contribution in [0.25, 0.3) is 0 Å². The predicted octanol–water partition coefficient (Wildman–Crippen LogP) is -1.02. The number of nitrogens with two attached hydrogens (primary N) is 4. The number of primary amides is 1. The summed E-state index contributed by atoms with van der Waals surface area (Å²) in [6.45, 7) is 3.00. The van der Waals surface area contributed by atoms with Gasteiger partial charge in [-0.2, -0.15) is 0 Å². The summed E-state index contributed by atoms with van der Waals surface area (Å²) in [5.41, 5.74) is 21.6. The van der Waals surface area contributed by atoms with E-state index in [0.29, 0.717) is 32.6 Å². The Morgan fingerprint density at radius 1 is 0.871 bits per heavy atom. The normalized spacial score (nSPS) is 11.7. The average molecular weight is 446 g/mol. The molecule has 11 nitrogen and oxygen atoms in total. The second kappa shape index (κ2) is 20.0. The van der Waals surface area contributed by atoms with E-state index >= 15 is 0 Å². The number of nitrogens with one attached hydrogen (secondary N) is 2. The first-order valence-electron chi connectivity index (χ1n) is 11.2. The number of hydrogen-bond acceptors (Lipinski definition) is 8. The molecular formula is C20H43N7O4. The maximum Gasteiger partial charge on any atom is 0.404 e. The van der Waals surface area contributed by atoms with Crippen LogP contribution in [0.5, 0.6) is 0 Å². The van der Waals surface area contributed by atoms with E-state index < -0.39 is 6.09 Å². The molecule has 0 heterocycles. The molecule has 10 N–H and O–H groups in total. The fraction of sp³-hybridized carbons (Fsp3) is 0.850. The number of carbonyl (C=O) groups is 3. The first-order valence-corrected chi connectivity index (χ1v) is 11.2. The summed E-state index contributed by atoms with van der Waals surface area (Å²) in [6, 6.07) is -0.381. The lowest BCUT2D eigenvalue weighted by molar-refractivity contribution is -0.135. The maximum atomic E-state index is 12.6. The molecule has 0 aromatic heterocycles. The molecule has 0 bridgehead atoms. The summed E-state index contributed by atoms with van der Waals surface area (Å²) in [4.78, 5) is 37.6. The first kappa shape index (κ1) is 29.1. The van der Waals surface area contributed by atoms with Crippen molar-refractivity contribution in [1.82, 2.24) is 15.5 Å². The lowest BCUT2D eigenvalue weighted by Gasteiger charge is -2.24. The maximum absolute atomic E-state index is 12.6. The molecule has 0 saturated heterocycles. The molecule has 0 aliphatic rings. The van der Waals surface area contributed by atoms with E-state index in [-0.39, 0.29) is 37.6 Å². The minimum Gasteiger partial charge on any atom is -0.448 e. The van der Waals surface area contributed by atoms with Crippen molar-refractivity contribution in [1.29, 1.82) is 0 Å². The van der Waals surface area contributed by atoms with Crippen LogP contribution in [0.15, 0.2) is 0 Å². The van der Waals surface area contributed by atoms with E-state index in [9.17, 15) is 14.4 Å². The molecular weight excluding hydrogens is 402 g/mol. The summed E-state index contributed by atoms with van der Waals surface area (Å²) < 4.78 is 4.84. The third-order valence-corrected chi connectivity index (χ3v) is 4.70. The third kappa shape index (κ3) is 17.4. The molecule has 0 aliphatic heterocycles. The minimum atomic E-state index is -0.894. The fourth-order valence-electron chi connectivity index (χ4n) is 2.98. The standard InChI is InChI=1S/C20H43N7O4/c21-9-3-1-6-12-25-14-19(29)27(13-7-5-11-23)15-18(28)26-17(8-2-4-10-22)16-31-20(24)30/h17,25H,1-16,21-23H2,(H2,24,30)(H,26,28)/t17-/m1/s1. The van der Waals surface area contributed by atoms with Gasteiger partial charge in [0, 0.05) is 6.54 Å². The highest BCUT2D eigenvalue weighted by Crippen LogP contribution is 2.03. The molecule has 0 aromatic carbocycles. The van der Waals surface area contributed by atoms with Gasteiger partial charge in [0.2, 0.25) is 11.8 Å². The molecule has 31 heavy (non-hydrogen) atoms. The second-order valence-electron chi connectivity index (χ2n) is 7.52. The van der Waals surface area contributed by atoms with Crippen LogP contribution in [0.2, 0.25) is 0 Å². The highest BCUT2D eigenvalue weighted by molar-refractivity contribution is 5.85. The molecule has 0 saturated carbocycles. The lowest BCUT2D eigenvalue weighted by Crippen LogP contribution is -2.48. The van der Waals surface area contributed by atoms with Crippen molar-refractivity contribution in [2.75, 3.05) is 52.4 Å². The SMILES string of the molecule is NCCCCCNCC(=O)N(CCCCN)CC(=O)N[C@H](CCCCN)COC(N)=O. The van der Waals surface area contributed by atoms with Gasteiger partial charge in [-0.15, -0.1) is 0 Å². The molecule has 0 rings (SSSR count). The third-order valence-electron chi connectivity index (χ3n) is 4.70. The van der Waals surface area contributed by atoms with E-state index in [4.69, 9.17) is 27.7 Å². The Bertz CT molecular complexity index is 494. The van der Waals surface area contributed by atoms with Crippen molar-refractivity contribution >= 4 is 17.9 Å². The average Bonchev–Trinajstić information content (AvgIpc) is 2.73. The van der Waals surface area contributed by atoms with Crippen LogP contribution in [0, 0.1) is 0 Å².